The van der Waals surface area contributed by atoms with E-state index in [4.69, 9.17) is 0 Å². The Morgan fingerprint density at radius 2 is 2.18 bits per heavy atom. The third-order valence-electron chi connectivity index (χ3n) is 3.17. The molecule has 98 valence electrons. The van der Waals surface area contributed by atoms with E-state index in [0.717, 1.165) is 6.54 Å². The van der Waals surface area contributed by atoms with Gasteiger partial charge in [-0.15, -0.1) is 11.3 Å². The van der Waals surface area contributed by atoms with E-state index in [1.807, 2.05) is 11.6 Å². The molecule has 1 heterocycles. The average molecular weight is 254 g/mol. The summed E-state index contributed by atoms with van der Waals surface area (Å²) in [6, 6.07) is 0.375. The van der Waals surface area contributed by atoms with Gasteiger partial charge in [-0.05, 0) is 18.8 Å². The van der Waals surface area contributed by atoms with Crippen LogP contribution in [0.4, 0.5) is 0 Å². The summed E-state index contributed by atoms with van der Waals surface area (Å²) >= 11 is 1.73. The minimum atomic E-state index is 0.375. The molecular weight excluding hydrogens is 228 g/mol. The fourth-order valence-electron chi connectivity index (χ4n) is 1.91. The van der Waals surface area contributed by atoms with Gasteiger partial charge in [0.15, 0.2) is 0 Å². The lowest BCUT2D eigenvalue weighted by Crippen LogP contribution is -2.31. The largest absolute Gasteiger partial charge is 0.308 e. The number of rotatable bonds is 8. The van der Waals surface area contributed by atoms with Crippen LogP contribution in [0.15, 0.2) is 11.6 Å². The van der Waals surface area contributed by atoms with Gasteiger partial charge in [0.2, 0.25) is 0 Å². The standard InChI is InChI=1S/C14H26N2S/c1-5-6-7-8-14(3,4)11-16-12(2)13-15-9-10-17-13/h9-10,12,16H,5-8,11H2,1-4H3. The van der Waals surface area contributed by atoms with Crippen molar-refractivity contribution < 1.29 is 0 Å². The van der Waals surface area contributed by atoms with Gasteiger partial charge in [-0.3, -0.25) is 0 Å². The van der Waals surface area contributed by atoms with Gasteiger partial charge >= 0.3 is 0 Å². The molecule has 0 saturated heterocycles. The quantitative estimate of drug-likeness (QED) is 0.695. The van der Waals surface area contributed by atoms with E-state index in [9.17, 15) is 0 Å². The molecule has 1 rings (SSSR count). The summed E-state index contributed by atoms with van der Waals surface area (Å²) in [4.78, 5) is 4.35. The summed E-state index contributed by atoms with van der Waals surface area (Å²) in [7, 11) is 0. The van der Waals surface area contributed by atoms with Crippen LogP contribution in [-0.2, 0) is 0 Å². The molecule has 1 N–H and O–H groups in total. The van der Waals surface area contributed by atoms with E-state index in [-0.39, 0.29) is 0 Å². The number of hydrogen-bond acceptors (Lipinski definition) is 3. The second-order valence-corrected chi connectivity index (χ2v) is 6.52. The predicted octanol–water partition coefficient (Wildman–Crippen LogP) is 4.40. The highest BCUT2D eigenvalue weighted by atomic mass is 32.1. The number of unbranched alkanes of at least 4 members (excludes halogenated alkanes) is 2. The fraction of sp³-hybridized carbons (Fsp3) is 0.786. The zero-order valence-corrected chi connectivity index (χ0v) is 12.4. The van der Waals surface area contributed by atoms with Gasteiger partial charge in [0.25, 0.3) is 0 Å². The van der Waals surface area contributed by atoms with E-state index in [2.05, 4.69) is 38.0 Å². The summed E-state index contributed by atoms with van der Waals surface area (Å²) < 4.78 is 0. The van der Waals surface area contributed by atoms with Gasteiger partial charge in [0.1, 0.15) is 5.01 Å². The molecule has 0 aliphatic heterocycles. The van der Waals surface area contributed by atoms with Crippen molar-refractivity contribution in [3.8, 4) is 0 Å². The van der Waals surface area contributed by atoms with Crippen LogP contribution in [0.1, 0.15) is 64.4 Å². The lowest BCUT2D eigenvalue weighted by atomic mass is 9.86. The molecule has 0 amide bonds. The molecule has 17 heavy (non-hydrogen) atoms. The van der Waals surface area contributed by atoms with Gasteiger partial charge in [-0.1, -0.05) is 40.0 Å². The average Bonchev–Trinajstić information content (AvgIpc) is 2.80. The molecular formula is C14H26N2S. The zero-order chi connectivity index (χ0) is 12.7. The molecule has 0 aliphatic carbocycles. The van der Waals surface area contributed by atoms with E-state index in [0.29, 0.717) is 11.5 Å². The Morgan fingerprint density at radius 1 is 1.41 bits per heavy atom. The Morgan fingerprint density at radius 3 is 2.76 bits per heavy atom. The van der Waals surface area contributed by atoms with Crippen LogP contribution in [-0.4, -0.2) is 11.5 Å². The number of aromatic nitrogens is 1. The van der Waals surface area contributed by atoms with Gasteiger partial charge in [-0.2, -0.15) is 0 Å². The SMILES string of the molecule is CCCCCC(C)(C)CNC(C)c1nccs1. The number of nitrogens with one attached hydrogen (secondary N) is 1. The van der Waals surface area contributed by atoms with Crippen LogP contribution >= 0.6 is 11.3 Å². The Kier molecular flexibility index (Phi) is 6.14. The van der Waals surface area contributed by atoms with Crippen molar-refractivity contribution in [2.45, 2.75) is 59.4 Å². The number of nitrogens with zero attached hydrogens (tertiary/aromatic N) is 1. The first kappa shape index (κ1) is 14.7. The monoisotopic (exact) mass is 254 g/mol. The van der Waals surface area contributed by atoms with Crippen LogP contribution < -0.4 is 5.32 Å². The minimum absolute atomic E-state index is 0.375. The first-order chi connectivity index (χ1) is 8.05. The highest BCUT2D eigenvalue weighted by Crippen LogP contribution is 2.24. The van der Waals surface area contributed by atoms with Crippen LogP contribution in [0.2, 0.25) is 0 Å². The molecule has 3 heteroatoms. The predicted molar refractivity (Wildman–Crippen MR) is 76.5 cm³/mol. The van der Waals surface area contributed by atoms with Crippen LogP contribution in [0.3, 0.4) is 0 Å². The summed E-state index contributed by atoms with van der Waals surface area (Å²) in [5, 5.41) is 6.83. The van der Waals surface area contributed by atoms with Crippen LogP contribution in [0, 0.1) is 5.41 Å². The Bertz CT molecular complexity index is 293. The van der Waals surface area contributed by atoms with Crippen molar-refractivity contribution in [2.24, 2.45) is 5.41 Å². The summed E-state index contributed by atoms with van der Waals surface area (Å²) in [6.07, 6.45) is 7.18. The molecule has 1 atom stereocenters. The van der Waals surface area contributed by atoms with Gasteiger partial charge in [0.05, 0.1) is 6.04 Å². The normalized spacial score (nSPS) is 13.9. The Labute approximate surface area is 110 Å². The van der Waals surface area contributed by atoms with E-state index in [1.165, 1.54) is 30.7 Å². The lowest BCUT2D eigenvalue weighted by molar-refractivity contribution is 0.291. The zero-order valence-electron chi connectivity index (χ0n) is 11.6. The van der Waals surface area contributed by atoms with Crippen molar-refractivity contribution in [1.29, 1.82) is 0 Å². The molecule has 0 saturated carbocycles. The minimum Gasteiger partial charge on any atom is -0.308 e. The summed E-state index contributed by atoms with van der Waals surface area (Å²) in [6.45, 7) is 10.2. The smallest absolute Gasteiger partial charge is 0.109 e. The molecule has 2 nitrogen and oxygen atoms in total. The number of thiazole rings is 1. The molecule has 0 aliphatic rings. The second-order valence-electron chi connectivity index (χ2n) is 5.59. The fourth-order valence-corrected chi connectivity index (χ4v) is 2.58. The van der Waals surface area contributed by atoms with Crippen LogP contribution in [0.25, 0.3) is 0 Å². The maximum absolute atomic E-state index is 4.35. The van der Waals surface area contributed by atoms with Crippen molar-refractivity contribution >= 4 is 11.3 Å². The third kappa shape index (κ3) is 5.64. The molecule has 0 spiro atoms. The van der Waals surface area contributed by atoms with Crippen molar-refractivity contribution in [3.05, 3.63) is 16.6 Å². The topological polar surface area (TPSA) is 24.9 Å². The summed E-state index contributed by atoms with van der Waals surface area (Å²) in [5.74, 6) is 0. The van der Waals surface area contributed by atoms with Crippen molar-refractivity contribution in [3.63, 3.8) is 0 Å². The van der Waals surface area contributed by atoms with Gasteiger partial charge in [0, 0.05) is 18.1 Å². The molecule has 0 radical (unpaired) electrons. The van der Waals surface area contributed by atoms with E-state index in [1.54, 1.807) is 11.3 Å². The molecule has 0 bridgehead atoms. The van der Waals surface area contributed by atoms with Crippen molar-refractivity contribution in [2.75, 3.05) is 6.54 Å². The van der Waals surface area contributed by atoms with E-state index >= 15 is 0 Å². The highest BCUT2D eigenvalue weighted by molar-refractivity contribution is 7.09. The number of hydrogen-bond donors (Lipinski definition) is 1. The first-order valence-corrected chi connectivity index (χ1v) is 7.56. The molecule has 0 aromatic carbocycles. The van der Waals surface area contributed by atoms with Crippen molar-refractivity contribution in [1.82, 2.24) is 10.3 Å². The van der Waals surface area contributed by atoms with Gasteiger partial charge in [-0.25, -0.2) is 4.98 Å². The maximum Gasteiger partial charge on any atom is 0.109 e. The first-order valence-electron chi connectivity index (χ1n) is 6.68. The van der Waals surface area contributed by atoms with Gasteiger partial charge < -0.3 is 5.32 Å². The molecule has 0 fully saturated rings. The Balaban J connectivity index is 2.28. The maximum atomic E-state index is 4.35. The molecule has 1 aromatic rings. The molecule has 1 unspecified atom stereocenters. The highest BCUT2D eigenvalue weighted by Gasteiger charge is 2.18. The van der Waals surface area contributed by atoms with E-state index < -0.39 is 0 Å². The second kappa shape index (κ2) is 7.12. The van der Waals surface area contributed by atoms with Crippen LogP contribution in [0.5, 0.6) is 0 Å². The Hall–Kier alpha value is -0.410. The lowest BCUT2D eigenvalue weighted by Gasteiger charge is -2.26. The summed E-state index contributed by atoms with van der Waals surface area (Å²) in [5.41, 5.74) is 0.390. The molecule has 1 aromatic heterocycles. The third-order valence-corrected chi connectivity index (χ3v) is 4.12.